The van der Waals surface area contributed by atoms with Crippen LogP contribution in [0.2, 0.25) is 0 Å². The summed E-state index contributed by atoms with van der Waals surface area (Å²) in [5.41, 5.74) is 2.89. The van der Waals surface area contributed by atoms with E-state index in [9.17, 15) is 9.59 Å². The van der Waals surface area contributed by atoms with Gasteiger partial charge in [-0.3, -0.25) is 19.4 Å². The van der Waals surface area contributed by atoms with Crippen molar-refractivity contribution in [1.29, 1.82) is 0 Å². The first-order chi connectivity index (χ1) is 23.4. The summed E-state index contributed by atoms with van der Waals surface area (Å²) in [4.78, 5) is 29.2. The van der Waals surface area contributed by atoms with E-state index < -0.39 is 0 Å². The molecule has 0 amide bonds. The SMILES string of the molecule is CC(C)(C)CCC(=O)OCCCCCCOC(=O)CCN(CCCCOCCCCN(Cc1ccccc1)C(C)(C)C)Cc1ccccc1. The van der Waals surface area contributed by atoms with E-state index in [1.165, 1.54) is 11.1 Å². The van der Waals surface area contributed by atoms with Crippen molar-refractivity contribution in [3.63, 3.8) is 0 Å². The van der Waals surface area contributed by atoms with E-state index in [0.717, 1.165) is 97.2 Å². The minimum Gasteiger partial charge on any atom is -0.466 e. The Balaban J connectivity index is 1.57. The average molecular weight is 681 g/mol. The molecule has 0 bridgehead atoms. The Morgan fingerprint density at radius 3 is 1.57 bits per heavy atom. The van der Waals surface area contributed by atoms with Crippen molar-refractivity contribution in [2.24, 2.45) is 5.41 Å². The fourth-order valence-electron chi connectivity index (χ4n) is 5.52. The molecule has 0 aliphatic rings. The monoisotopic (exact) mass is 681 g/mol. The third-order valence-electron chi connectivity index (χ3n) is 8.67. The lowest BCUT2D eigenvalue weighted by atomic mass is 9.91. The Bertz CT molecular complexity index is 1130. The molecule has 0 aromatic heterocycles. The van der Waals surface area contributed by atoms with E-state index in [4.69, 9.17) is 14.2 Å². The van der Waals surface area contributed by atoms with Gasteiger partial charge in [-0.1, -0.05) is 81.4 Å². The van der Waals surface area contributed by atoms with Crippen LogP contribution in [0.4, 0.5) is 0 Å². The summed E-state index contributed by atoms with van der Waals surface area (Å²) in [6.45, 7) is 20.2. The Labute approximate surface area is 299 Å². The molecule has 276 valence electrons. The Morgan fingerprint density at radius 2 is 1.04 bits per heavy atom. The summed E-state index contributed by atoms with van der Waals surface area (Å²) in [6.07, 6.45) is 9.54. The van der Waals surface area contributed by atoms with E-state index in [2.05, 4.69) is 106 Å². The van der Waals surface area contributed by atoms with Crippen molar-refractivity contribution < 1.29 is 23.8 Å². The first-order valence-corrected chi connectivity index (χ1v) is 18.9. The fourth-order valence-corrected chi connectivity index (χ4v) is 5.52. The number of hydrogen-bond acceptors (Lipinski definition) is 7. The smallest absolute Gasteiger partial charge is 0.307 e. The second kappa shape index (κ2) is 24.4. The zero-order chi connectivity index (χ0) is 35.8. The van der Waals surface area contributed by atoms with Crippen LogP contribution in [0.5, 0.6) is 0 Å². The lowest BCUT2D eigenvalue weighted by molar-refractivity contribution is -0.145. The zero-order valence-corrected chi connectivity index (χ0v) is 31.9. The summed E-state index contributed by atoms with van der Waals surface area (Å²) in [5, 5.41) is 0. The number of rotatable bonds is 26. The van der Waals surface area contributed by atoms with Crippen LogP contribution >= 0.6 is 0 Å². The molecular formula is C42H68N2O5. The van der Waals surface area contributed by atoms with Gasteiger partial charge in [-0.15, -0.1) is 0 Å². The number of unbranched alkanes of at least 4 members (excludes halogenated alkanes) is 5. The molecule has 2 aromatic rings. The van der Waals surface area contributed by atoms with Crippen molar-refractivity contribution >= 4 is 11.9 Å². The van der Waals surface area contributed by atoms with Crippen LogP contribution in [0.15, 0.2) is 60.7 Å². The van der Waals surface area contributed by atoms with E-state index in [-0.39, 0.29) is 22.9 Å². The van der Waals surface area contributed by atoms with Crippen LogP contribution in [0.3, 0.4) is 0 Å². The average Bonchev–Trinajstić information content (AvgIpc) is 3.06. The van der Waals surface area contributed by atoms with Gasteiger partial charge in [-0.05, 0) is 108 Å². The molecule has 7 nitrogen and oxygen atoms in total. The largest absolute Gasteiger partial charge is 0.466 e. The van der Waals surface area contributed by atoms with Gasteiger partial charge in [-0.2, -0.15) is 0 Å². The molecule has 0 aliphatic carbocycles. The highest BCUT2D eigenvalue weighted by Gasteiger charge is 2.21. The number of carbonyl (C=O) groups is 2. The van der Waals surface area contributed by atoms with Crippen LogP contribution in [-0.2, 0) is 36.9 Å². The maximum atomic E-state index is 12.5. The van der Waals surface area contributed by atoms with Crippen LogP contribution < -0.4 is 0 Å². The summed E-state index contributed by atoms with van der Waals surface area (Å²) >= 11 is 0. The summed E-state index contributed by atoms with van der Waals surface area (Å²) in [7, 11) is 0. The van der Waals surface area contributed by atoms with Gasteiger partial charge < -0.3 is 14.2 Å². The molecule has 7 heteroatoms. The fraction of sp³-hybridized carbons (Fsp3) is 0.667. The predicted molar refractivity (Wildman–Crippen MR) is 201 cm³/mol. The van der Waals surface area contributed by atoms with E-state index in [0.29, 0.717) is 32.6 Å². The summed E-state index contributed by atoms with van der Waals surface area (Å²) in [5.74, 6) is -0.245. The lowest BCUT2D eigenvalue weighted by Gasteiger charge is -2.36. The number of benzene rings is 2. The Hall–Kier alpha value is -2.74. The third-order valence-corrected chi connectivity index (χ3v) is 8.67. The molecule has 0 fully saturated rings. The number of nitrogens with zero attached hydrogens (tertiary/aromatic N) is 2. The van der Waals surface area contributed by atoms with Gasteiger partial charge in [0.1, 0.15) is 0 Å². The van der Waals surface area contributed by atoms with E-state index in [1.54, 1.807) is 0 Å². The quantitative estimate of drug-likeness (QED) is 0.0725. The van der Waals surface area contributed by atoms with Gasteiger partial charge in [0.2, 0.25) is 0 Å². The van der Waals surface area contributed by atoms with Gasteiger partial charge in [0.05, 0.1) is 19.6 Å². The van der Waals surface area contributed by atoms with Crippen LogP contribution in [0.25, 0.3) is 0 Å². The first kappa shape index (κ1) is 42.4. The van der Waals surface area contributed by atoms with Gasteiger partial charge in [-0.25, -0.2) is 0 Å². The predicted octanol–water partition coefficient (Wildman–Crippen LogP) is 9.23. The highest BCUT2D eigenvalue weighted by atomic mass is 16.5. The maximum absolute atomic E-state index is 12.5. The molecule has 0 spiro atoms. The minimum atomic E-state index is -0.136. The second-order valence-corrected chi connectivity index (χ2v) is 15.5. The maximum Gasteiger partial charge on any atom is 0.307 e. The third kappa shape index (κ3) is 22.6. The van der Waals surface area contributed by atoms with Gasteiger partial charge in [0.25, 0.3) is 0 Å². The minimum absolute atomic E-state index is 0.109. The molecular weight excluding hydrogens is 612 g/mol. The second-order valence-electron chi connectivity index (χ2n) is 15.5. The first-order valence-electron chi connectivity index (χ1n) is 18.9. The number of esters is 2. The van der Waals surface area contributed by atoms with Gasteiger partial charge in [0.15, 0.2) is 0 Å². The Kier molecular flexibility index (Phi) is 21.1. The molecule has 0 heterocycles. The Morgan fingerprint density at radius 1 is 0.551 bits per heavy atom. The van der Waals surface area contributed by atoms with Crippen LogP contribution in [0, 0.1) is 5.41 Å². The van der Waals surface area contributed by atoms with Crippen LogP contribution in [-0.4, -0.2) is 73.3 Å². The zero-order valence-electron chi connectivity index (χ0n) is 31.9. The van der Waals surface area contributed by atoms with Crippen molar-refractivity contribution in [2.45, 2.75) is 131 Å². The van der Waals surface area contributed by atoms with Crippen molar-refractivity contribution in [1.82, 2.24) is 9.80 Å². The van der Waals surface area contributed by atoms with Crippen molar-refractivity contribution in [3.05, 3.63) is 71.8 Å². The van der Waals surface area contributed by atoms with E-state index in [1.807, 2.05) is 6.07 Å². The van der Waals surface area contributed by atoms with Crippen LogP contribution in [0.1, 0.15) is 123 Å². The van der Waals surface area contributed by atoms with E-state index >= 15 is 0 Å². The van der Waals surface area contributed by atoms with Gasteiger partial charge >= 0.3 is 11.9 Å². The number of ether oxygens (including phenoxy) is 3. The lowest BCUT2D eigenvalue weighted by Crippen LogP contribution is -2.41. The number of carbonyl (C=O) groups excluding carboxylic acids is 2. The van der Waals surface area contributed by atoms with Crippen molar-refractivity contribution in [3.8, 4) is 0 Å². The summed E-state index contributed by atoms with van der Waals surface area (Å²) in [6, 6.07) is 21.2. The molecule has 2 rings (SSSR count). The topological polar surface area (TPSA) is 68.3 Å². The normalized spacial score (nSPS) is 12.1. The van der Waals surface area contributed by atoms with Crippen molar-refractivity contribution in [2.75, 3.05) is 46.1 Å². The molecule has 0 aliphatic heterocycles. The molecule has 0 atom stereocenters. The van der Waals surface area contributed by atoms with Gasteiger partial charge in [0, 0.05) is 44.8 Å². The molecule has 49 heavy (non-hydrogen) atoms. The highest BCUT2D eigenvalue weighted by Crippen LogP contribution is 2.21. The molecule has 0 radical (unpaired) electrons. The molecule has 0 unspecified atom stereocenters. The molecule has 0 saturated heterocycles. The highest BCUT2D eigenvalue weighted by molar-refractivity contribution is 5.69. The summed E-state index contributed by atoms with van der Waals surface area (Å²) < 4.78 is 16.9. The standard InChI is InChI=1S/C42H68N2O5/c1-41(2,3)27-25-39(45)48-33-17-7-8-18-34-49-40(46)26-30-43(35-37-21-11-9-12-22-37)28-15-19-31-47-32-20-16-29-44(42(4,5)6)36-38-23-13-10-14-24-38/h9-14,21-24H,7-8,15-20,25-36H2,1-6H3. The molecule has 0 saturated carbocycles. The molecule has 2 aromatic carbocycles. The molecule has 0 N–H and O–H groups in total. The number of hydrogen-bond donors (Lipinski definition) is 0.